The summed E-state index contributed by atoms with van der Waals surface area (Å²) >= 11 is 0. The number of ether oxygens (including phenoxy) is 4. The summed E-state index contributed by atoms with van der Waals surface area (Å²) in [6.07, 6.45) is -2.25. The van der Waals surface area contributed by atoms with Crippen LogP contribution in [0.15, 0.2) is 41.3 Å². The van der Waals surface area contributed by atoms with Gasteiger partial charge in [-0.05, 0) is 31.0 Å². The van der Waals surface area contributed by atoms with Crippen molar-refractivity contribution < 1.29 is 38.5 Å². The van der Waals surface area contributed by atoms with Crippen molar-refractivity contribution in [3.8, 4) is 0 Å². The van der Waals surface area contributed by atoms with Crippen molar-refractivity contribution in [1.82, 2.24) is 9.55 Å². The molecule has 0 aliphatic carbocycles. The van der Waals surface area contributed by atoms with E-state index in [4.69, 9.17) is 24.2 Å². The SMILES string of the molecule is CCC(CC)C(=O)OC[C@H]1O[C@@H](n2ccc(NO)nc2=O)[C@@H]2OC(=O)c3ccccc3C(=O)O[C@@H]21. The first-order chi connectivity index (χ1) is 16.9. The van der Waals surface area contributed by atoms with E-state index in [1.807, 2.05) is 13.8 Å². The lowest BCUT2D eigenvalue weighted by atomic mass is 10.0. The van der Waals surface area contributed by atoms with Crippen LogP contribution in [0.25, 0.3) is 0 Å². The number of nitrogens with zero attached hydrogens (tertiary/aromatic N) is 2. The van der Waals surface area contributed by atoms with Crippen molar-refractivity contribution in [3.63, 3.8) is 0 Å². The minimum atomic E-state index is -1.25. The van der Waals surface area contributed by atoms with E-state index in [0.29, 0.717) is 12.8 Å². The van der Waals surface area contributed by atoms with Gasteiger partial charge in [-0.25, -0.2) is 14.4 Å². The Hall–Kier alpha value is -3.77. The lowest BCUT2D eigenvalue weighted by molar-refractivity contribution is -0.155. The van der Waals surface area contributed by atoms with Gasteiger partial charge < -0.3 is 18.9 Å². The van der Waals surface area contributed by atoms with Gasteiger partial charge in [0.05, 0.1) is 17.0 Å². The van der Waals surface area contributed by atoms with Crippen LogP contribution in [0.1, 0.15) is 53.6 Å². The van der Waals surface area contributed by atoms with Gasteiger partial charge in [0.15, 0.2) is 24.3 Å². The first-order valence-electron chi connectivity index (χ1n) is 11.2. The van der Waals surface area contributed by atoms with Crippen LogP contribution in [0.4, 0.5) is 5.82 Å². The number of esters is 3. The third kappa shape index (κ3) is 4.75. The number of nitrogens with one attached hydrogen (secondary N) is 1. The Labute approximate surface area is 199 Å². The maximum Gasteiger partial charge on any atom is 0.351 e. The summed E-state index contributed by atoms with van der Waals surface area (Å²) in [5.41, 5.74) is 0.964. The maximum absolute atomic E-state index is 12.9. The number of anilines is 1. The third-order valence-electron chi connectivity index (χ3n) is 6.07. The minimum absolute atomic E-state index is 0.00334. The molecule has 1 fully saturated rings. The molecule has 35 heavy (non-hydrogen) atoms. The minimum Gasteiger partial charge on any atom is -0.463 e. The van der Waals surface area contributed by atoms with Crippen LogP contribution >= 0.6 is 0 Å². The van der Waals surface area contributed by atoms with Crippen LogP contribution in [-0.4, -0.2) is 57.6 Å². The molecule has 0 spiro atoms. The fraction of sp³-hybridized carbons (Fsp3) is 0.435. The molecule has 0 bridgehead atoms. The summed E-state index contributed by atoms with van der Waals surface area (Å²) in [7, 11) is 0. The standard InChI is InChI=1S/C23H25N3O9/c1-3-12(4-2)20(27)32-11-15-17-18(19(33-15)26-10-9-16(25-31)24-23(26)30)35-22(29)14-8-6-5-7-13(14)21(28)34-17/h5-10,12,15,17-19,31H,3-4,11H2,1-2H3,(H,24,25,30)/t15-,17-,18-,19-/m1/s1. The van der Waals surface area contributed by atoms with Crippen LogP contribution in [0.5, 0.6) is 0 Å². The molecule has 0 amide bonds. The molecule has 12 heteroatoms. The number of benzene rings is 1. The molecule has 2 aliphatic rings. The molecule has 2 N–H and O–H groups in total. The van der Waals surface area contributed by atoms with Gasteiger partial charge in [0.1, 0.15) is 12.7 Å². The quantitative estimate of drug-likeness (QED) is 0.333. The normalized spacial score (nSPS) is 23.4. The number of aromatic nitrogens is 2. The smallest absolute Gasteiger partial charge is 0.351 e. The Morgan fingerprint density at radius 3 is 2.29 bits per heavy atom. The fourth-order valence-corrected chi connectivity index (χ4v) is 4.12. The molecular weight excluding hydrogens is 462 g/mol. The molecule has 0 radical (unpaired) electrons. The predicted octanol–water partition coefficient (Wildman–Crippen LogP) is 1.69. The Bertz CT molecular complexity index is 1180. The van der Waals surface area contributed by atoms with E-state index in [0.717, 1.165) is 4.57 Å². The summed E-state index contributed by atoms with van der Waals surface area (Å²) in [6, 6.07) is 7.31. The van der Waals surface area contributed by atoms with Gasteiger partial charge in [0, 0.05) is 6.20 Å². The molecule has 1 saturated heterocycles. The van der Waals surface area contributed by atoms with E-state index in [-0.39, 0.29) is 29.5 Å². The summed E-state index contributed by atoms with van der Waals surface area (Å²) in [6.45, 7) is 3.44. The predicted molar refractivity (Wildman–Crippen MR) is 118 cm³/mol. The number of hydrogen-bond donors (Lipinski definition) is 2. The van der Waals surface area contributed by atoms with Crippen molar-refractivity contribution >= 4 is 23.7 Å². The van der Waals surface area contributed by atoms with Crippen molar-refractivity contribution in [2.24, 2.45) is 5.92 Å². The first-order valence-corrected chi connectivity index (χ1v) is 11.2. The van der Waals surface area contributed by atoms with Crippen LogP contribution in [0.2, 0.25) is 0 Å². The number of fused-ring (bicyclic) bond motifs is 2. The topological polar surface area (TPSA) is 155 Å². The van der Waals surface area contributed by atoms with E-state index in [2.05, 4.69) is 4.98 Å². The van der Waals surface area contributed by atoms with Gasteiger partial charge in [-0.3, -0.25) is 20.0 Å². The second kappa shape index (κ2) is 10.2. The monoisotopic (exact) mass is 487 g/mol. The van der Waals surface area contributed by atoms with Crippen molar-refractivity contribution in [1.29, 1.82) is 0 Å². The van der Waals surface area contributed by atoms with Gasteiger partial charge in [-0.2, -0.15) is 4.98 Å². The van der Waals surface area contributed by atoms with Crippen molar-refractivity contribution in [2.45, 2.75) is 51.2 Å². The molecular formula is C23H25N3O9. The Morgan fingerprint density at radius 1 is 1.09 bits per heavy atom. The number of carbonyl (C=O) groups excluding carboxylic acids is 3. The zero-order valence-corrected chi connectivity index (χ0v) is 19.1. The highest BCUT2D eigenvalue weighted by atomic mass is 16.7. The molecule has 12 nitrogen and oxygen atoms in total. The Balaban J connectivity index is 1.69. The Kier molecular flexibility index (Phi) is 7.12. The maximum atomic E-state index is 12.9. The van der Waals surface area contributed by atoms with Crippen LogP contribution < -0.4 is 11.2 Å². The average molecular weight is 487 g/mol. The third-order valence-corrected chi connectivity index (χ3v) is 6.07. The summed E-state index contributed by atoms with van der Waals surface area (Å²) in [5.74, 6) is -2.43. The molecule has 1 aromatic heterocycles. The van der Waals surface area contributed by atoms with E-state index in [9.17, 15) is 19.2 Å². The van der Waals surface area contributed by atoms with Gasteiger partial charge in [0.2, 0.25) is 0 Å². The molecule has 3 heterocycles. The highest BCUT2D eigenvalue weighted by Gasteiger charge is 2.52. The molecule has 2 aromatic rings. The average Bonchev–Trinajstić information content (AvgIpc) is 3.18. The lowest BCUT2D eigenvalue weighted by Gasteiger charge is -2.27. The molecule has 1 aromatic carbocycles. The van der Waals surface area contributed by atoms with Crippen LogP contribution in [0.3, 0.4) is 0 Å². The highest BCUT2D eigenvalue weighted by Crippen LogP contribution is 2.36. The van der Waals surface area contributed by atoms with Crippen LogP contribution in [-0.2, 0) is 23.7 Å². The summed E-state index contributed by atoms with van der Waals surface area (Å²) < 4.78 is 23.8. The van der Waals surface area contributed by atoms with Crippen molar-refractivity contribution in [3.05, 3.63) is 58.1 Å². The van der Waals surface area contributed by atoms with Crippen molar-refractivity contribution in [2.75, 3.05) is 12.1 Å². The van der Waals surface area contributed by atoms with Gasteiger partial charge in [-0.1, -0.05) is 26.0 Å². The molecule has 0 saturated carbocycles. The second-order valence-corrected chi connectivity index (χ2v) is 8.11. The summed E-state index contributed by atoms with van der Waals surface area (Å²) in [5, 5.41) is 9.01. The molecule has 0 unspecified atom stereocenters. The van der Waals surface area contributed by atoms with Gasteiger partial charge >= 0.3 is 23.6 Å². The zero-order chi connectivity index (χ0) is 25.1. The van der Waals surface area contributed by atoms with E-state index in [1.54, 1.807) is 17.6 Å². The largest absolute Gasteiger partial charge is 0.463 e. The van der Waals surface area contributed by atoms with Crippen LogP contribution in [0, 0.1) is 5.92 Å². The first kappa shape index (κ1) is 24.4. The lowest BCUT2D eigenvalue weighted by Crippen LogP contribution is -2.44. The van der Waals surface area contributed by atoms with E-state index < -0.39 is 48.1 Å². The number of carbonyl (C=O) groups is 3. The molecule has 186 valence electrons. The summed E-state index contributed by atoms with van der Waals surface area (Å²) in [4.78, 5) is 54.5. The zero-order valence-electron chi connectivity index (χ0n) is 19.1. The molecule has 4 atom stereocenters. The number of rotatable bonds is 7. The fourth-order valence-electron chi connectivity index (χ4n) is 4.12. The molecule has 4 rings (SSSR count). The second-order valence-electron chi connectivity index (χ2n) is 8.11. The van der Waals surface area contributed by atoms with Gasteiger partial charge in [-0.15, -0.1) is 0 Å². The van der Waals surface area contributed by atoms with E-state index in [1.165, 1.54) is 24.4 Å². The van der Waals surface area contributed by atoms with E-state index >= 15 is 0 Å². The van der Waals surface area contributed by atoms with Gasteiger partial charge in [0.25, 0.3) is 0 Å². The Morgan fingerprint density at radius 2 is 1.71 bits per heavy atom. The molecule has 2 aliphatic heterocycles. The number of hydrogen-bond acceptors (Lipinski definition) is 11. The highest BCUT2D eigenvalue weighted by molar-refractivity contribution is 6.03.